The molecule has 0 atom stereocenters. The number of benzene rings is 2. The third kappa shape index (κ3) is 2.18. The van der Waals surface area contributed by atoms with Gasteiger partial charge >= 0.3 is 0 Å². The number of nitrogens with one attached hydrogen (secondary N) is 1. The Balaban J connectivity index is 1.62. The highest BCUT2D eigenvalue weighted by molar-refractivity contribution is 5.95. The number of nitrogens with zero attached hydrogens (tertiary/aromatic N) is 1. The van der Waals surface area contributed by atoms with Crippen LogP contribution in [0.25, 0.3) is 10.9 Å². The van der Waals surface area contributed by atoms with Gasteiger partial charge in [0.05, 0.1) is 11.2 Å². The second-order valence-corrected chi connectivity index (χ2v) is 6.27. The van der Waals surface area contributed by atoms with Gasteiger partial charge in [-0.3, -0.25) is 4.98 Å². The fourth-order valence-corrected chi connectivity index (χ4v) is 3.62. The number of anilines is 2. The zero-order valence-corrected chi connectivity index (χ0v) is 13.3. The minimum Gasteiger partial charge on any atom is -0.486 e. The molecule has 4 heteroatoms. The molecule has 0 fully saturated rings. The van der Waals surface area contributed by atoms with Crippen molar-refractivity contribution in [3.8, 4) is 11.5 Å². The van der Waals surface area contributed by atoms with Gasteiger partial charge in [-0.2, -0.15) is 0 Å². The van der Waals surface area contributed by atoms with E-state index in [1.54, 1.807) is 0 Å². The van der Waals surface area contributed by atoms with E-state index in [9.17, 15) is 0 Å². The van der Waals surface area contributed by atoms with E-state index in [2.05, 4.69) is 23.5 Å². The van der Waals surface area contributed by atoms with Crippen LogP contribution in [0.5, 0.6) is 11.5 Å². The Labute approximate surface area is 140 Å². The molecule has 2 aromatic carbocycles. The normalized spacial score (nSPS) is 15.3. The monoisotopic (exact) mass is 318 g/mol. The van der Waals surface area contributed by atoms with Crippen LogP contribution in [0, 0.1) is 0 Å². The molecule has 0 bridgehead atoms. The van der Waals surface area contributed by atoms with Crippen molar-refractivity contribution in [2.24, 2.45) is 0 Å². The number of ether oxygens (including phenoxy) is 2. The largest absolute Gasteiger partial charge is 0.486 e. The predicted molar refractivity (Wildman–Crippen MR) is 94.5 cm³/mol. The molecule has 1 aliphatic heterocycles. The molecule has 0 amide bonds. The van der Waals surface area contributed by atoms with Crippen LogP contribution < -0.4 is 14.8 Å². The van der Waals surface area contributed by atoms with E-state index in [0.717, 1.165) is 35.5 Å². The highest BCUT2D eigenvalue weighted by Gasteiger charge is 2.20. The fourth-order valence-electron chi connectivity index (χ4n) is 3.62. The fraction of sp³-hybridized carbons (Fsp3) is 0.250. The maximum atomic E-state index is 5.70. The lowest BCUT2D eigenvalue weighted by molar-refractivity contribution is 0.171. The van der Waals surface area contributed by atoms with Gasteiger partial charge < -0.3 is 14.8 Å². The van der Waals surface area contributed by atoms with Gasteiger partial charge in [0.15, 0.2) is 11.5 Å². The van der Waals surface area contributed by atoms with Gasteiger partial charge in [0.25, 0.3) is 0 Å². The molecule has 2 aliphatic rings. The summed E-state index contributed by atoms with van der Waals surface area (Å²) in [5.41, 5.74) is 5.84. The van der Waals surface area contributed by atoms with Crippen LogP contribution >= 0.6 is 0 Å². The molecule has 0 saturated heterocycles. The molecule has 5 rings (SSSR count). The van der Waals surface area contributed by atoms with Crippen LogP contribution in [0.2, 0.25) is 0 Å². The number of aryl methyl sites for hydroxylation is 1. The van der Waals surface area contributed by atoms with Crippen LogP contribution in [0.1, 0.15) is 17.7 Å². The molecule has 1 aliphatic carbocycles. The molecule has 2 heterocycles. The van der Waals surface area contributed by atoms with E-state index in [0.29, 0.717) is 13.2 Å². The van der Waals surface area contributed by atoms with Crippen molar-refractivity contribution in [1.29, 1.82) is 0 Å². The Morgan fingerprint density at radius 3 is 2.75 bits per heavy atom. The van der Waals surface area contributed by atoms with E-state index in [1.807, 2.05) is 24.3 Å². The van der Waals surface area contributed by atoms with Crippen LogP contribution in [-0.2, 0) is 12.8 Å². The van der Waals surface area contributed by atoms with Crippen LogP contribution in [-0.4, -0.2) is 18.2 Å². The standard InChI is InChI=1S/C20H18N2O2/c1-2-6-16-14(4-1)20(15-5-3-7-17(15)22-16)21-13-8-9-18-19(12-13)24-11-10-23-18/h1-2,4,6,8-9,12H,3,5,7,10-11H2,(H,21,22). The molecule has 1 N–H and O–H groups in total. The van der Waals surface area contributed by atoms with Gasteiger partial charge in [-0.1, -0.05) is 18.2 Å². The molecule has 0 unspecified atom stereocenters. The van der Waals surface area contributed by atoms with E-state index >= 15 is 0 Å². The highest BCUT2D eigenvalue weighted by atomic mass is 16.6. The summed E-state index contributed by atoms with van der Waals surface area (Å²) in [4.78, 5) is 4.84. The van der Waals surface area contributed by atoms with Crippen LogP contribution in [0.4, 0.5) is 11.4 Å². The van der Waals surface area contributed by atoms with Gasteiger partial charge in [0.1, 0.15) is 13.2 Å². The topological polar surface area (TPSA) is 43.4 Å². The molecule has 3 aromatic rings. The first kappa shape index (κ1) is 13.7. The van der Waals surface area contributed by atoms with Crippen LogP contribution in [0.3, 0.4) is 0 Å². The van der Waals surface area contributed by atoms with E-state index in [4.69, 9.17) is 14.5 Å². The molecule has 4 nitrogen and oxygen atoms in total. The maximum absolute atomic E-state index is 5.70. The zero-order chi connectivity index (χ0) is 15.9. The lowest BCUT2D eigenvalue weighted by Crippen LogP contribution is -2.15. The van der Waals surface area contributed by atoms with E-state index in [-0.39, 0.29) is 0 Å². The van der Waals surface area contributed by atoms with Crippen molar-refractivity contribution in [2.75, 3.05) is 18.5 Å². The molecule has 1 aromatic heterocycles. The Hall–Kier alpha value is -2.75. The number of fused-ring (bicyclic) bond motifs is 3. The minimum absolute atomic E-state index is 0.601. The van der Waals surface area contributed by atoms with Crippen LogP contribution in [0.15, 0.2) is 42.5 Å². The molecular formula is C20H18N2O2. The molecule has 120 valence electrons. The average molecular weight is 318 g/mol. The van der Waals surface area contributed by atoms with Crippen molar-refractivity contribution in [2.45, 2.75) is 19.3 Å². The number of hydrogen-bond acceptors (Lipinski definition) is 4. The first-order valence-electron chi connectivity index (χ1n) is 8.46. The summed E-state index contributed by atoms with van der Waals surface area (Å²) in [5.74, 6) is 1.62. The van der Waals surface area contributed by atoms with Gasteiger partial charge in [-0.05, 0) is 43.0 Å². The summed E-state index contributed by atoms with van der Waals surface area (Å²) < 4.78 is 11.3. The van der Waals surface area contributed by atoms with Crippen molar-refractivity contribution in [1.82, 2.24) is 4.98 Å². The minimum atomic E-state index is 0.601. The summed E-state index contributed by atoms with van der Waals surface area (Å²) >= 11 is 0. The summed E-state index contributed by atoms with van der Waals surface area (Å²) in [7, 11) is 0. The highest BCUT2D eigenvalue weighted by Crippen LogP contribution is 2.38. The summed E-state index contributed by atoms with van der Waals surface area (Å²) in [5, 5.41) is 4.80. The zero-order valence-electron chi connectivity index (χ0n) is 13.3. The van der Waals surface area contributed by atoms with E-state index < -0.39 is 0 Å². The first-order valence-corrected chi connectivity index (χ1v) is 8.46. The van der Waals surface area contributed by atoms with Crippen molar-refractivity contribution in [3.05, 3.63) is 53.7 Å². The smallest absolute Gasteiger partial charge is 0.163 e. The Morgan fingerprint density at radius 1 is 0.917 bits per heavy atom. The van der Waals surface area contributed by atoms with Gasteiger partial charge in [0, 0.05) is 22.8 Å². The average Bonchev–Trinajstić information content (AvgIpc) is 3.10. The number of pyridine rings is 1. The molecular weight excluding hydrogens is 300 g/mol. The quantitative estimate of drug-likeness (QED) is 0.767. The molecule has 0 radical (unpaired) electrons. The number of para-hydroxylation sites is 1. The Morgan fingerprint density at radius 2 is 1.79 bits per heavy atom. The number of aromatic nitrogens is 1. The van der Waals surface area contributed by atoms with E-state index in [1.165, 1.54) is 28.8 Å². The maximum Gasteiger partial charge on any atom is 0.163 e. The SMILES string of the molecule is c1ccc2c(Nc3ccc4c(c3)OCCO4)c3c(nc2c1)CCC3. The Kier molecular flexibility index (Phi) is 3.08. The lowest BCUT2D eigenvalue weighted by Gasteiger charge is -2.20. The number of hydrogen-bond donors (Lipinski definition) is 1. The summed E-state index contributed by atoms with van der Waals surface area (Å²) in [6.45, 7) is 1.21. The second kappa shape index (κ2) is 5.41. The number of rotatable bonds is 2. The second-order valence-electron chi connectivity index (χ2n) is 6.27. The predicted octanol–water partition coefficient (Wildman–Crippen LogP) is 4.24. The molecule has 24 heavy (non-hydrogen) atoms. The summed E-state index contributed by atoms with van der Waals surface area (Å²) in [6, 6.07) is 14.4. The molecule has 0 spiro atoms. The third-order valence-electron chi connectivity index (χ3n) is 4.73. The van der Waals surface area contributed by atoms with Crippen molar-refractivity contribution < 1.29 is 9.47 Å². The van der Waals surface area contributed by atoms with Gasteiger partial charge in [-0.15, -0.1) is 0 Å². The summed E-state index contributed by atoms with van der Waals surface area (Å²) in [6.07, 6.45) is 3.32. The molecule has 0 saturated carbocycles. The Bertz CT molecular complexity index is 936. The third-order valence-corrected chi connectivity index (χ3v) is 4.73. The lowest BCUT2D eigenvalue weighted by atomic mass is 10.1. The van der Waals surface area contributed by atoms with Gasteiger partial charge in [-0.25, -0.2) is 0 Å². The van der Waals surface area contributed by atoms with Crippen molar-refractivity contribution in [3.63, 3.8) is 0 Å². The van der Waals surface area contributed by atoms with Gasteiger partial charge in [0.2, 0.25) is 0 Å². The van der Waals surface area contributed by atoms with Crippen molar-refractivity contribution >= 4 is 22.3 Å². The first-order chi connectivity index (χ1) is 11.9.